The lowest BCUT2D eigenvalue weighted by Gasteiger charge is -2.08. The summed E-state index contributed by atoms with van der Waals surface area (Å²) in [6.07, 6.45) is 0.689. The molecular weight excluding hydrogens is 311 g/mol. The molecule has 2 N–H and O–H groups in total. The molecule has 0 aromatic heterocycles. The molecule has 0 amide bonds. The van der Waals surface area contributed by atoms with Crippen LogP contribution in [0.25, 0.3) is 0 Å². The number of hydrogen-bond acceptors (Lipinski definition) is 3. The summed E-state index contributed by atoms with van der Waals surface area (Å²) in [4.78, 5) is 0.0448. The van der Waals surface area contributed by atoms with Gasteiger partial charge in [0.1, 0.15) is 5.82 Å². The topological polar surface area (TPSA) is 58.2 Å². The van der Waals surface area contributed by atoms with Crippen molar-refractivity contribution in [2.75, 3.05) is 20.1 Å². The average molecular weight is 325 g/mol. The zero-order valence-electron chi connectivity index (χ0n) is 9.33. The number of halogens is 2. The monoisotopic (exact) mass is 324 g/mol. The van der Waals surface area contributed by atoms with Gasteiger partial charge in [0.15, 0.2) is 0 Å². The van der Waals surface area contributed by atoms with E-state index in [1.807, 2.05) is 0 Å². The third-order valence-corrected chi connectivity index (χ3v) is 4.52. The van der Waals surface area contributed by atoms with E-state index in [1.165, 1.54) is 6.07 Å². The first-order chi connectivity index (χ1) is 7.97. The molecule has 0 aliphatic heterocycles. The van der Waals surface area contributed by atoms with Crippen molar-refractivity contribution in [3.63, 3.8) is 0 Å². The summed E-state index contributed by atoms with van der Waals surface area (Å²) in [7, 11) is -1.78. The Morgan fingerprint density at radius 3 is 2.65 bits per heavy atom. The lowest BCUT2D eigenvalue weighted by molar-refractivity contribution is 0.575. The minimum Gasteiger partial charge on any atom is -0.320 e. The molecule has 0 aliphatic rings. The molecule has 7 heteroatoms. The van der Waals surface area contributed by atoms with Crippen LogP contribution in [0.5, 0.6) is 0 Å². The Morgan fingerprint density at radius 2 is 2.06 bits per heavy atom. The molecule has 4 nitrogen and oxygen atoms in total. The molecule has 0 saturated heterocycles. The van der Waals surface area contributed by atoms with E-state index >= 15 is 0 Å². The van der Waals surface area contributed by atoms with E-state index in [1.54, 1.807) is 7.05 Å². The van der Waals surface area contributed by atoms with Crippen LogP contribution in [0.4, 0.5) is 4.39 Å². The Hall–Kier alpha value is -0.500. The van der Waals surface area contributed by atoms with Gasteiger partial charge in [0, 0.05) is 11.0 Å². The minimum absolute atomic E-state index is 0.0448. The second-order valence-corrected chi connectivity index (χ2v) is 6.02. The molecule has 1 aromatic carbocycles. The molecule has 0 saturated carbocycles. The predicted octanol–water partition coefficient (Wildman–Crippen LogP) is 1.48. The van der Waals surface area contributed by atoms with Gasteiger partial charge < -0.3 is 5.32 Å². The summed E-state index contributed by atoms with van der Waals surface area (Å²) in [5, 5.41) is 2.92. The van der Waals surface area contributed by atoms with Gasteiger partial charge in [-0.1, -0.05) is 0 Å². The molecule has 17 heavy (non-hydrogen) atoms. The van der Waals surface area contributed by atoms with Crippen molar-refractivity contribution in [2.45, 2.75) is 11.3 Å². The van der Waals surface area contributed by atoms with Crippen LogP contribution in [0.1, 0.15) is 6.42 Å². The van der Waals surface area contributed by atoms with E-state index in [-0.39, 0.29) is 9.37 Å². The second kappa shape index (κ2) is 6.44. The predicted molar refractivity (Wildman–Crippen MR) is 67.8 cm³/mol. The van der Waals surface area contributed by atoms with Crippen LogP contribution in [0, 0.1) is 5.82 Å². The van der Waals surface area contributed by atoms with Crippen LogP contribution in [0.15, 0.2) is 27.6 Å². The maximum atomic E-state index is 12.8. The molecule has 96 valence electrons. The van der Waals surface area contributed by atoms with Gasteiger partial charge >= 0.3 is 0 Å². The highest BCUT2D eigenvalue weighted by Crippen LogP contribution is 2.22. The van der Waals surface area contributed by atoms with Gasteiger partial charge in [0.25, 0.3) is 0 Å². The Balaban J connectivity index is 2.76. The van der Waals surface area contributed by atoms with Gasteiger partial charge in [-0.05, 0) is 54.1 Å². The Labute approximate surface area is 109 Å². The maximum Gasteiger partial charge on any atom is 0.241 e. The highest BCUT2D eigenvalue weighted by molar-refractivity contribution is 9.10. The number of hydrogen-bond donors (Lipinski definition) is 2. The van der Waals surface area contributed by atoms with Crippen LogP contribution in [-0.4, -0.2) is 28.6 Å². The first kappa shape index (κ1) is 14.6. The van der Waals surface area contributed by atoms with Gasteiger partial charge in [0.05, 0.1) is 4.90 Å². The summed E-state index contributed by atoms with van der Waals surface area (Å²) in [6, 6.07) is 3.48. The highest BCUT2D eigenvalue weighted by Gasteiger charge is 2.17. The normalized spacial score (nSPS) is 11.7. The molecule has 0 atom stereocenters. The largest absolute Gasteiger partial charge is 0.320 e. The van der Waals surface area contributed by atoms with Crippen molar-refractivity contribution in [1.29, 1.82) is 0 Å². The average Bonchev–Trinajstić information content (AvgIpc) is 2.24. The number of benzene rings is 1. The number of sulfonamides is 1. The fourth-order valence-electron chi connectivity index (χ4n) is 1.24. The summed E-state index contributed by atoms with van der Waals surface area (Å²) >= 11 is 3.03. The molecule has 0 heterocycles. The molecular formula is C10H14BrFN2O2S. The van der Waals surface area contributed by atoms with Gasteiger partial charge in [-0.25, -0.2) is 17.5 Å². The van der Waals surface area contributed by atoms with Gasteiger partial charge in [0.2, 0.25) is 10.0 Å². The summed E-state index contributed by atoms with van der Waals surface area (Å²) < 4.78 is 39.2. The Kier molecular flexibility index (Phi) is 5.51. The third kappa shape index (κ3) is 4.34. The van der Waals surface area contributed by atoms with Crippen LogP contribution in [0.3, 0.4) is 0 Å². The van der Waals surface area contributed by atoms with Crippen molar-refractivity contribution in [2.24, 2.45) is 0 Å². The van der Waals surface area contributed by atoms with E-state index < -0.39 is 15.8 Å². The van der Waals surface area contributed by atoms with Crippen LogP contribution >= 0.6 is 15.9 Å². The Morgan fingerprint density at radius 1 is 1.35 bits per heavy atom. The number of nitrogens with one attached hydrogen (secondary N) is 2. The van der Waals surface area contributed by atoms with Crippen molar-refractivity contribution < 1.29 is 12.8 Å². The second-order valence-electron chi connectivity index (χ2n) is 3.43. The SMILES string of the molecule is CNCCCNS(=O)(=O)c1ccc(F)cc1Br. The molecule has 1 rings (SSSR count). The lowest BCUT2D eigenvalue weighted by Crippen LogP contribution is -2.27. The molecule has 0 radical (unpaired) electrons. The zero-order valence-corrected chi connectivity index (χ0v) is 11.7. The van der Waals surface area contributed by atoms with Crippen molar-refractivity contribution in [3.8, 4) is 0 Å². The van der Waals surface area contributed by atoms with E-state index in [9.17, 15) is 12.8 Å². The zero-order chi connectivity index (χ0) is 12.9. The fourth-order valence-corrected chi connectivity index (χ4v) is 3.36. The molecule has 0 bridgehead atoms. The first-order valence-electron chi connectivity index (χ1n) is 5.06. The van der Waals surface area contributed by atoms with Crippen LogP contribution in [-0.2, 0) is 10.0 Å². The number of rotatable bonds is 6. The molecule has 0 aliphatic carbocycles. The summed E-state index contributed by atoms with van der Waals surface area (Å²) in [5.41, 5.74) is 0. The van der Waals surface area contributed by atoms with E-state index in [4.69, 9.17) is 0 Å². The lowest BCUT2D eigenvalue weighted by atomic mass is 10.3. The third-order valence-electron chi connectivity index (χ3n) is 2.08. The fraction of sp³-hybridized carbons (Fsp3) is 0.400. The first-order valence-corrected chi connectivity index (χ1v) is 7.34. The Bertz CT molecular complexity index is 479. The van der Waals surface area contributed by atoms with Gasteiger partial charge in [-0.3, -0.25) is 0 Å². The van der Waals surface area contributed by atoms with E-state index in [0.29, 0.717) is 13.0 Å². The van der Waals surface area contributed by atoms with Gasteiger partial charge in [-0.15, -0.1) is 0 Å². The summed E-state index contributed by atoms with van der Waals surface area (Å²) in [6.45, 7) is 1.07. The molecule has 0 unspecified atom stereocenters. The summed E-state index contributed by atoms with van der Waals surface area (Å²) in [5.74, 6) is -0.481. The molecule has 1 aromatic rings. The van der Waals surface area contributed by atoms with Crippen molar-refractivity contribution in [1.82, 2.24) is 10.0 Å². The van der Waals surface area contributed by atoms with Crippen molar-refractivity contribution in [3.05, 3.63) is 28.5 Å². The van der Waals surface area contributed by atoms with Crippen LogP contribution in [0.2, 0.25) is 0 Å². The quantitative estimate of drug-likeness (QED) is 0.779. The molecule has 0 spiro atoms. The maximum absolute atomic E-state index is 12.8. The highest BCUT2D eigenvalue weighted by atomic mass is 79.9. The smallest absolute Gasteiger partial charge is 0.241 e. The van der Waals surface area contributed by atoms with Gasteiger partial charge in [-0.2, -0.15) is 0 Å². The molecule has 0 fully saturated rings. The van der Waals surface area contributed by atoms with E-state index in [2.05, 4.69) is 26.0 Å². The minimum atomic E-state index is -3.58. The standard InChI is InChI=1S/C10H14BrFN2O2S/c1-13-5-2-6-14-17(15,16)10-4-3-8(12)7-9(10)11/h3-4,7,13-14H,2,5-6H2,1H3. The van der Waals surface area contributed by atoms with Crippen molar-refractivity contribution >= 4 is 26.0 Å². The van der Waals surface area contributed by atoms with Crippen LogP contribution < -0.4 is 10.0 Å². The van der Waals surface area contributed by atoms with E-state index in [0.717, 1.165) is 18.7 Å².